The van der Waals surface area contributed by atoms with Gasteiger partial charge in [0.05, 0.1) is 6.61 Å². The van der Waals surface area contributed by atoms with Gasteiger partial charge in [0.1, 0.15) is 0 Å². The fourth-order valence-electron chi connectivity index (χ4n) is 0.991. The second-order valence-electron chi connectivity index (χ2n) is 2.94. The van der Waals surface area contributed by atoms with Gasteiger partial charge < -0.3 is 14.9 Å². The highest BCUT2D eigenvalue weighted by Gasteiger charge is 2.20. The highest BCUT2D eigenvalue weighted by molar-refractivity contribution is 7.90. The predicted octanol–water partition coefficient (Wildman–Crippen LogP) is -1.61. The quantitative estimate of drug-likeness (QED) is 0.471. The van der Waals surface area contributed by atoms with E-state index in [1.807, 2.05) is 0 Å². The molecular formula is C7H15NO6S. The highest BCUT2D eigenvalue weighted by atomic mass is 32.2. The van der Waals surface area contributed by atoms with Crippen LogP contribution in [0.4, 0.5) is 0 Å². The zero-order chi connectivity index (χ0) is 11.9. The zero-order valence-corrected chi connectivity index (χ0v) is 9.16. The van der Waals surface area contributed by atoms with E-state index in [1.54, 1.807) is 0 Å². The number of aliphatic hydroxyl groups is 1. The lowest BCUT2D eigenvalue weighted by Crippen LogP contribution is -2.41. The van der Waals surface area contributed by atoms with Crippen LogP contribution in [0.2, 0.25) is 0 Å². The average molecular weight is 241 g/mol. The van der Waals surface area contributed by atoms with Crippen LogP contribution in [0.1, 0.15) is 6.42 Å². The van der Waals surface area contributed by atoms with Gasteiger partial charge in [0.25, 0.3) is 0 Å². The molecule has 0 fully saturated rings. The van der Waals surface area contributed by atoms with Crippen LogP contribution < -0.4 is 4.72 Å². The van der Waals surface area contributed by atoms with Gasteiger partial charge in [-0.3, -0.25) is 4.79 Å². The molecule has 0 saturated heterocycles. The molecule has 1 atom stereocenters. The molecule has 15 heavy (non-hydrogen) atoms. The summed E-state index contributed by atoms with van der Waals surface area (Å²) in [5.41, 5.74) is 0. The van der Waals surface area contributed by atoms with Crippen molar-refractivity contribution in [2.45, 2.75) is 12.5 Å². The largest absolute Gasteiger partial charge is 0.480 e. The van der Waals surface area contributed by atoms with Crippen molar-refractivity contribution in [3.05, 3.63) is 0 Å². The molecular weight excluding hydrogens is 226 g/mol. The third-order valence-electron chi connectivity index (χ3n) is 1.51. The Morgan fingerprint density at radius 3 is 2.53 bits per heavy atom. The SMILES string of the molecule is COCC(CCO)NS(=O)(=O)CC(=O)O. The van der Waals surface area contributed by atoms with E-state index in [0.717, 1.165) is 0 Å². The van der Waals surface area contributed by atoms with Gasteiger partial charge in [-0.05, 0) is 6.42 Å². The Kier molecular flexibility index (Phi) is 6.41. The maximum atomic E-state index is 11.2. The molecule has 0 saturated carbocycles. The second-order valence-corrected chi connectivity index (χ2v) is 4.69. The Hall–Kier alpha value is -0.700. The van der Waals surface area contributed by atoms with Crippen LogP contribution in [-0.2, 0) is 19.6 Å². The number of sulfonamides is 1. The van der Waals surface area contributed by atoms with E-state index >= 15 is 0 Å². The van der Waals surface area contributed by atoms with Crippen molar-refractivity contribution in [2.75, 3.05) is 26.1 Å². The van der Waals surface area contributed by atoms with Gasteiger partial charge in [-0.15, -0.1) is 0 Å². The van der Waals surface area contributed by atoms with E-state index < -0.39 is 27.8 Å². The number of methoxy groups -OCH3 is 1. The molecule has 0 aliphatic heterocycles. The molecule has 0 aliphatic carbocycles. The first-order valence-electron chi connectivity index (χ1n) is 4.23. The van der Waals surface area contributed by atoms with E-state index in [4.69, 9.17) is 14.9 Å². The smallest absolute Gasteiger partial charge is 0.320 e. The number of ether oxygens (including phenoxy) is 1. The molecule has 0 spiro atoms. The van der Waals surface area contributed by atoms with Gasteiger partial charge >= 0.3 is 5.97 Å². The molecule has 0 aromatic heterocycles. The first kappa shape index (κ1) is 14.3. The van der Waals surface area contributed by atoms with E-state index in [1.165, 1.54) is 7.11 Å². The number of carboxylic acid groups (broad SMARTS) is 1. The number of hydrogen-bond acceptors (Lipinski definition) is 5. The summed E-state index contributed by atoms with van der Waals surface area (Å²) in [4.78, 5) is 10.2. The lowest BCUT2D eigenvalue weighted by atomic mass is 10.2. The Bertz CT molecular complexity index is 282. The van der Waals surface area contributed by atoms with Gasteiger partial charge in [-0.25, -0.2) is 13.1 Å². The van der Waals surface area contributed by atoms with E-state index in [0.29, 0.717) is 0 Å². The molecule has 0 aliphatic rings. The summed E-state index contributed by atoms with van der Waals surface area (Å²) < 4.78 is 29.2. The van der Waals surface area contributed by atoms with Crippen molar-refractivity contribution in [3.63, 3.8) is 0 Å². The maximum Gasteiger partial charge on any atom is 0.320 e. The molecule has 0 aromatic rings. The first-order valence-corrected chi connectivity index (χ1v) is 5.88. The topological polar surface area (TPSA) is 113 Å². The highest BCUT2D eigenvalue weighted by Crippen LogP contribution is 1.96. The number of nitrogens with one attached hydrogen (secondary N) is 1. The Labute approximate surface area is 88.1 Å². The van der Waals surface area contributed by atoms with Crippen LogP contribution in [0.15, 0.2) is 0 Å². The molecule has 3 N–H and O–H groups in total. The summed E-state index contributed by atoms with van der Waals surface area (Å²) in [6.07, 6.45) is 0.173. The lowest BCUT2D eigenvalue weighted by molar-refractivity contribution is -0.134. The number of hydrogen-bond donors (Lipinski definition) is 3. The molecule has 0 radical (unpaired) electrons. The molecule has 0 aromatic carbocycles. The van der Waals surface area contributed by atoms with Crippen molar-refractivity contribution < 1.29 is 28.2 Å². The molecule has 0 amide bonds. The summed E-state index contributed by atoms with van der Waals surface area (Å²) in [6, 6.07) is -0.607. The predicted molar refractivity (Wildman–Crippen MR) is 51.9 cm³/mol. The minimum atomic E-state index is -3.87. The van der Waals surface area contributed by atoms with Gasteiger partial charge in [0, 0.05) is 19.8 Å². The van der Waals surface area contributed by atoms with Gasteiger partial charge in [-0.1, -0.05) is 0 Å². The minimum Gasteiger partial charge on any atom is -0.480 e. The van der Waals surface area contributed by atoms with Crippen molar-refractivity contribution in [1.29, 1.82) is 0 Å². The number of aliphatic hydroxyl groups excluding tert-OH is 1. The number of rotatable bonds is 8. The molecule has 7 nitrogen and oxygen atoms in total. The van der Waals surface area contributed by atoms with Crippen LogP contribution >= 0.6 is 0 Å². The summed E-state index contributed by atoms with van der Waals surface area (Å²) in [7, 11) is -2.48. The van der Waals surface area contributed by atoms with Crippen LogP contribution in [0, 0.1) is 0 Å². The lowest BCUT2D eigenvalue weighted by Gasteiger charge is -2.15. The fourth-order valence-corrected chi connectivity index (χ4v) is 2.09. The normalized spacial score (nSPS) is 13.7. The van der Waals surface area contributed by atoms with Crippen molar-refractivity contribution in [2.24, 2.45) is 0 Å². The standard InChI is InChI=1S/C7H15NO6S/c1-14-4-6(2-3-9)8-15(12,13)5-7(10)11/h6,8-9H,2-5H2,1H3,(H,10,11). The van der Waals surface area contributed by atoms with Gasteiger partial charge in [0.15, 0.2) is 5.75 Å². The fraction of sp³-hybridized carbons (Fsp3) is 0.857. The van der Waals surface area contributed by atoms with Crippen LogP contribution in [0.25, 0.3) is 0 Å². The van der Waals surface area contributed by atoms with E-state index in [9.17, 15) is 13.2 Å². The maximum absolute atomic E-state index is 11.2. The number of carbonyl (C=O) groups is 1. The third kappa shape index (κ3) is 7.25. The molecule has 1 unspecified atom stereocenters. The monoisotopic (exact) mass is 241 g/mol. The zero-order valence-electron chi connectivity index (χ0n) is 8.34. The Balaban J connectivity index is 4.31. The number of aliphatic carboxylic acids is 1. The summed E-state index contributed by atoms with van der Waals surface area (Å²) >= 11 is 0. The summed E-state index contributed by atoms with van der Waals surface area (Å²) in [5.74, 6) is -2.42. The van der Waals surface area contributed by atoms with Crippen molar-refractivity contribution >= 4 is 16.0 Å². The molecule has 0 bridgehead atoms. The molecule has 0 rings (SSSR count). The molecule has 8 heteroatoms. The average Bonchev–Trinajstić information content (AvgIpc) is 2.01. The van der Waals surface area contributed by atoms with Crippen LogP contribution in [0.3, 0.4) is 0 Å². The van der Waals surface area contributed by atoms with Crippen molar-refractivity contribution in [1.82, 2.24) is 4.72 Å². The molecule has 0 heterocycles. The van der Waals surface area contributed by atoms with Crippen LogP contribution in [0.5, 0.6) is 0 Å². The van der Waals surface area contributed by atoms with Gasteiger partial charge in [0.2, 0.25) is 10.0 Å². The third-order valence-corrected chi connectivity index (χ3v) is 2.82. The molecule has 90 valence electrons. The Morgan fingerprint density at radius 1 is 1.53 bits per heavy atom. The Morgan fingerprint density at radius 2 is 2.13 bits per heavy atom. The summed E-state index contributed by atoms with van der Waals surface area (Å²) in [6.45, 7) is -0.122. The van der Waals surface area contributed by atoms with Crippen LogP contribution in [-0.4, -0.2) is 56.7 Å². The summed E-state index contributed by atoms with van der Waals surface area (Å²) in [5, 5.41) is 17.0. The first-order chi connectivity index (χ1) is 6.91. The minimum absolute atomic E-state index is 0.0827. The van der Waals surface area contributed by atoms with E-state index in [-0.39, 0.29) is 19.6 Å². The second kappa shape index (κ2) is 6.72. The number of carboxylic acids is 1. The van der Waals surface area contributed by atoms with Crippen molar-refractivity contribution in [3.8, 4) is 0 Å². The van der Waals surface area contributed by atoms with E-state index in [2.05, 4.69) is 4.72 Å². The van der Waals surface area contributed by atoms with Gasteiger partial charge in [-0.2, -0.15) is 0 Å².